The number of anilines is 1. The number of aromatic nitrogens is 1. The highest BCUT2D eigenvalue weighted by molar-refractivity contribution is 6.31. The molecular formula is C22H21ClFN3O. The van der Waals surface area contributed by atoms with Gasteiger partial charge in [0.25, 0.3) is 0 Å². The second-order valence-corrected chi connectivity index (χ2v) is 7.43. The largest absolute Gasteiger partial charge is 0.367 e. The van der Waals surface area contributed by atoms with E-state index >= 15 is 0 Å². The minimum Gasteiger partial charge on any atom is -0.367 e. The quantitative estimate of drug-likeness (QED) is 0.658. The highest BCUT2D eigenvalue weighted by Crippen LogP contribution is 2.28. The van der Waals surface area contributed by atoms with Crippen LogP contribution in [0, 0.1) is 5.82 Å². The molecule has 0 atom stereocenters. The number of aryl methyl sites for hydroxylation is 1. The van der Waals surface area contributed by atoms with Gasteiger partial charge >= 0.3 is 0 Å². The third kappa shape index (κ3) is 4.09. The predicted octanol–water partition coefficient (Wildman–Crippen LogP) is 4.31. The number of halogens is 2. The summed E-state index contributed by atoms with van der Waals surface area (Å²) in [4.78, 5) is 21.1. The van der Waals surface area contributed by atoms with Crippen LogP contribution in [0.1, 0.15) is 12.0 Å². The molecule has 2 heterocycles. The maximum atomic E-state index is 13.3. The first-order chi connectivity index (χ1) is 13.6. The van der Waals surface area contributed by atoms with Crippen LogP contribution in [0.25, 0.3) is 10.9 Å². The van der Waals surface area contributed by atoms with Crippen LogP contribution in [0.3, 0.4) is 0 Å². The molecule has 0 aliphatic carbocycles. The van der Waals surface area contributed by atoms with Crippen molar-refractivity contribution in [2.45, 2.75) is 12.8 Å². The molecule has 4 nitrogen and oxygen atoms in total. The van der Waals surface area contributed by atoms with Crippen molar-refractivity contribution in [3.05, 3.63) is 71.1 Å². The molecule has 1 aromatic heterocycles. The van der Waals surface area contributed by atoms with Crippen LogP contribution in [-0.2, 0) is 11.2 Å². The fourth-order valence-electron chi connectivity index (χ4n) is 3.68. The second-order valence-electron chi connectivity index (χ2n) is 6.99. The van der Waals surface area contributed by atoms with Crippen molar-refractivity contribution in [3.8, 4) is 0 Å². The number of piperazine rings is 1. The Kier molecular flexibility index (Phi) is 5.44. The van der Waals surface area contributed by atoms with Gasteiger partial charge in [0.2, 0.25) is 5.91 Å². The second kappa shape index (κ2) is 8.15. The summed E-state index contributed by atoms with van der Waals surface area (Å²) in [5, 5.41) is 1.74. The summed E-state index contributed by atoms with van der Waals surface area (Å²) >= 11 is 6.07. The van der Waals surface area contributed by atoms with Gasteiger partial charge in [-0.05, 0) is 48.4 Å². The lowest BCUT2D eigenvalue weighted by molar-refractivity contribution is -0.131. The number of rotatable bonds is 4. The van der Waals surface area contributed by atoms with E-state index in [0.29, 0.717) is 31.0 Å². The van der Waals surface area contributed by atoms with Gasteiger partial charge in [-0.3, -0.25) is 9.78 Å². The number of fused-ring (bicyclic) bond motifs is 1. The van der Waals surface area contributed by atoms with Gasteiger partial charge in [0.15, 0.2) is 0 Å². The molecule has 0 bridgehead atoms. The Labute approximate surface area is 168 Å². The maximum absolute atomic E-state index is 13.3. The Morgan fingerprint density at radius 3 is 2.68 bits per heavy atom. The molecular weight excluding hydrogens is 377 g/mol. The number of pyridine rings is 1. The van der Waals surface area contributed by atoms with Crippen molar-refractivity contribution >= 4 is 34.1 Å². The topological polar surface area (TPSA) is 36.4 Å². The average Bonchev–Trinajstić information content (AvgIpc) is 2.71. The Morgan fingerprint density at radius 1 is 1.07 bits per heavy atom. The molecule has 6 heteroatoms. The molecule has 2 aromatic carbocycles. The van der Waals surface area contributed by atoms with E-state index in [1.54, 1.807) is 12.3 Å². The monoisotopic (exact) mass is 397 g/mol. The van der Waals surface area contributed by atoms with Crippen molar-refractivity contribution < 1.29 is 9.18 Å². The highest BCUT2D eigenvalue weighted by atomic mass is 35.5. The summed E-state index contributed by atoms with van der Waals surface area (Å²) in [7, 11) is 0. The lowest BCUT2D eigenvalue weighted by atomic mass is 10.1. The van der Waals surface area contributed by atoms with Crippen molar-refractivity contribution in [1.29, 1.82) is 0 Å². The number of carbonyl (C=O) groups excluding carboxylic acids is 1. The Morgan fingerprint density at radius 2 is 1.89 bits per heavy atom. The van der Waals surface area contributed by atoms with Gasteiger partial charge in [-0.2, -0.15) is 0 Å². The van der Waals surface area contributed by atoms with E-state index in [9.17, 15) is 9.18 Å². The average molecular weight is 398 g/mol. The molecule has 28 heavy (non-hydrogen) atoms. The van der Waals surface area contributed by atoms with E-state index in [0.717, 1.165) is 35.2 Å². The zero-order valence-electron chi connectivity index (χ0n) is 15.4. The van der Waals surface area contributed by atoms with E-state index < -0.39 is 0 Å². The molecule has 1 amide bonds. The third-order valence-electron chi connectivity index (χ3n) is 5.17. The summed E-state index contributed by atoms with van der Waals surface area (Å²) in [6.07, 6.45) is 2.76. The van der Waals surface area contributed by atoms with Crippen LogP contribution in [0.4, 0.5) is 10.1 Å². The number of benzene rings is 2. The molecule has 1 aliphatic heterocycles. The lowest BCUT2D eigenvalue weighted by Crippen LogP contribution is -2.48. The smallest absolute Gasteiger partial charge is 0.223 e. The molecule has 1 saturated heterocycles. The number of nitrogens with zero attached hydrogens (tertiary/aromatic N) is 3. The first kappa shape index (κ1) is 18.7. The van der Waals surface area contributed by atoms with E-state index in [2.05, 4.69) is 9.88 Å². The number of carbonyl (C=O) groups is 1. The van der Waals surface area contributed by atoms with Gasteiger partial charge in [-0.25, -0.2) is 4.39 Å². The summed E-state index contributed by atoms with van der Waals surface area (Å²) in [5.41, 5.74) is 2.85. The predicted molar refractivity (Wildman–Crippen MR) is 110 cm³/mol. The number of hydrogen-bond acceptors (Lipinski definition) is 3. The van der Waals surface area contributed by atoms with E-state index in [1.165, 1.54) is 12.1 Å². The fourth-order valence-corrected chi connectivity index (χ4v) is 3.85. The van der Waals surface area contributed by atoms with Gasteiger partial charge in [-0.15, -0.1) is 0 Å². The van der Waals surface area contributed by atoms with Gasteiger partial charge in [0.05, 0.1) is 5.52 Å². The Hall–Kier alpha value is -2.66. The highest BCUT2D eigenvalue weighted by Gasteiger charge is 2.22. The molecule has 0 radical (unpaired) electrons. The molecule has 0 saturated carbocycles. The molecule has 0 unspecified atom stereocenters. The van der Waals surface area contributed by atoms with Crippen LogP contribution >= 0.6 is 11.6 Å². The molecule has 1 fully saturated rings. The summed E-state index contributed by atoms with van der Waals surface area (Å²) in [6.45, 7) is 2.90. The number of hydrogen-bond donors (Lipinski definition) is 0. The molecule has 144 valence electrons. The Bertz CT molecular complexity index is 1000. The van der Waals surface area contributed by atoms with Gasteiger partial charge < -0.3 is 9.80 Å². The van der Waals surface area contributed by atoms with Crippen LogP contribution in [-0.4, -0.2) is 42.0 Å². The molecule has 1 aliphatic rings. The van der Waals surface area contributed by atoms with Crippen molar-refractivity contribution in [2.75, 3.05) is 31.1 Å². The zero-order chi connectivity index (χ0) is 19.5. The van der Waals surface area contributed by atoms with Crippen molar-refractivity contribution in [3.63, 3.8) is 0 Å². The summed E-state index contributed by atoms with van der Waals surface area (Å²) in [5.74, 6) is -0.139. The SMILES string of the molecule is O=C(CCc1cccc(F)c1)N1CCN(c2ccnc3cc(Cl)ccc23)CC1. The minimum absolute atomic E-state index is 0.121. The molecule has 0 N–H and O–H groups in total. The van der Waals surface area contributed by atoms with Crippen LogP contribution in [0.15, 0.2) is 54.7 Å². The molecule has 3 aromatic rings. The fraction of sp³-hybridized carbons (Fsp3) is 0.273. The summed E-state index contributed by atoms with van der Waals surface area (Å²) < 4.78 is 13.3. The Balaban J connectivity index is 1.37. The van der Waals surface area contributed by atoms with Crippen LogP contribution in [0.2, 0.25) is 5.02 Å². The van der Waals surface area contributed by atoms with E-state index in [1.807, 2.05) is 35.2 Å². The van der Waals surface area contributed by atoms with E-state index in [-0.39, 0.29) is 11.7 Å². The van der Waals surface area contributed by atoms with E-state index in [4.69, 9.17) is 11.6 Å². The van der Waals surface area contributed by atoms with Crippen LogP contribution < -0.4 is 4.90 Å². The minimum atomic E-state index is -0.260. The van der Waals surface area contributed by atoms with Crippen LogP contribution in [0.5, 0.6) is 0 Å². The van der Waals surface area contributed by atoms with Gasteiger partial charge in [0, 0.05) is 54.9 Å². The molecule has 4 rings (SSSR count). The lowest BCUT2D eigenvalue weighted by Gasteiger charge is -2.36. The third-order valence-corrected chi connectivity index (χ3v) is 5.41. The standard InChI is InChI=1S/C22H21ClFN3O/c23-17-5-6-19-20(15-17)25-9-8-21(19)26-10-12-27(13-11-26)22(28)7-4-16-2-1-3-18(24)14-16/h1-3,5-6,8-9,14-15H,4,7,10-13H2. The molecule has 0 spiro atoms. The number of amides is 1. The van der Waals surface area contributed by atoms with Gasteiger partial charge in [-0.1, -0.05) is 23.7 Å². The first-order valence-corrected chi connectivity index (χ1v) is 9.79. The maximum Gasteiger partial charge on any atom is 0.223 e. The van der Waals surface area contributed by atoms with Gasteiger partial charge in [0.1, 0.15) is 5.82 Å². The normalized spacial score (nSPS) is 14.5. The van der Waals surface area contributed by atoms with Crippen molar-refractivity contribution in [1.82, 2.24) is 9.88 Å². The summed E-state index contributed by atoms with van der Waals surface area (Å²) in [6, 6.07) is 14.2. The van der Waals surface area contributed by atoms with Crippen molar-refractivity contribution in [2.24, 2.45) is 0 Å². The zero-order valence-corrected chi connectivity index (χ0v) is 16.2. The first-order valence-electron chi connectivity index (χ1n) is 9.41.